The third-order valence-electron chi connectivity index (χ3n) is 8.92. The summed E-state index contributed by atoms with van der Waals surface area (Å²) in [5.41, 5.74) is 9.27. The van der Waals surface area contributed by atoms with Gasteiger partial charge in [0.1, 0.15) is 22.3 Å². The molecule has 3 aromatic heterocycles. The maximum Gasteiger partial charge on any atom is 0.147 e. The second kappa shape index (κ2) is 8.76. The maximum atomic E-state index is 6.67. The zero-order chi connectivity index (χ0) is 28.8. The highest BCUT2D eigenvalue weighted by Gasteiger charge is 2.18. The number of para-hydroxylation sites is 2. The smallest absolute Gasteiger partial charge is 0.147 e. The molecule has 4 heteroatoms. The molecule has 0 aliphatic rings. The van der Waals surface area contributed by atoms with Crippen molar-refractivity contribution in [3.63, 3.8) is 0 Å². The summed E-state index contributed by atoms with van der Waals surface area (Å²) < 4.78 is 12.8. The van der Waals surface area contributed by atoms with E-state index in [0.717, 1.165) is 88.1 Å². The molecular weight excluding hydrogens is 540 g/mol. The van der Waals surface area contributed by atoms with Crippen LogP contribution in [0.5, 0.6) is 0 Å². The Labute approximate surface area is 250 Å². The predicted octanol–water partition coefficient (Wildman–Crippen LogP) is 11.1. The van der Waals surface area contributed by atoms with E-state index in [4.69, 9.17) is 18.8 Å². The zero-order valence-corrected chi connectivity index (χ0v) is 23.4. The summed E-state index contributed by atoms with van der Waals surface area (Å²) in [6.07, 6.45) is 1.89. The number of benzene rings is 7. The molecular formula is C40H22N2O2. The summed E-state index contributed by atoms with van der Waals surface area (Å²) in [4.78, 5) is 10.1. The number of nitrogens with zero attached hydrogens (tertiary/aromatic N) is 2. The molecule has 0 saturated heterocycles. The topological polar surface area (TPSA) is 52.1 Å². The van der Waals surface area contributed by atoms with E-state index < -0.39 is 0 Å². The summed E-state index contributed by atoms with van der Waals surface area (Å²) in [6.45, 7) is 0. The number of aromatic nitrogens is 2. The van der Waals surface area contributed by atoms with Crippen LogP contribution in [-0.2, 0) is 0 Å². The third kappa shape index (κ3) is 3.22. The van der Waals surface area contributed by atoms with Crippen LogP contribution < -0.4 is 0 Å². The fourth-order valence-corrected chi connectivity index (χ4v) is 6.87. The first-order chi connectivity index (χ1) is 21.8. The van der Waals surface area contributed by atoms with Crippen LogP contribution in [0.3, 0.4) is 0 Å². The van der Waals surface area contributed by atoms with Gasteiger partial charge in [0.2, 0.25) is 0 Å². The lowest BCUT2D eigenvalue weighted by Gasteiger charge is -2.10. The lowest BCUT2D eigenvalue weighted by molar-refractivity contribution is 0.663. The lowest BCUT2D eigenvalue weighted by Crippen LogP contribution is -1.92. The molecule has 0 atom stereocenters. The highest BCUT2D eigenvalue weighted by Crippen LogP contribution is 2.42. The molecule has 10 aromatic rings. The minimum absolute atomic E-state index is 0.834. The fourth-order valence-electron chi connectivity index (χ4n) is 6.87. The maximum absolute atomic E-state index is 6.67. The molecule has 0 aliphatic heterocycles. The molecule has 204 valence electrons. The number of rotatable bonds is 2. The molecule has 0 N–H and O–H groups in total. The van der Waals surface area contributed by atoms with Crippen molar-refractivity contribution in [2.45, 2.75) is 0 Å². The minimum Gasteiger partial charge on any atom is -0.456 e. The molecule has 0 saturated carbocycles. The van der Waals surface area contributed by atoms with Crippen LogP contribution in [0.1, 0.15) is 0 Å². The first-order valence-corrected chi connectivity index (χ1v) is 14.7. The standard InChI is InChI=1S/C40H22N2O2/c1-3-10-28-26(8-1)27-9-2-4-11-29(27)38-37(28)41-22-33(42-38)24-18-16-23(17-19-24)25-13-7-14-30-31-20-21-35-36(40(31)44-39(25)30)32-12-5-6-15-34(32)43-35/h1-22H. The van der Waals surface area contributed by atoms with Gasteiger partial charge in [-0.05, 0) is 34.5 Å². The molecule has 4 nitrogen and oxygen atoms in total. The number of fused-ring (bicyclic) bond motifs is 13. The van der Waals surface area contributed by atoms with Crippen LogP contribution in [0.4, 0.5) is 0 Å². The summed E-state index contributed by atoms with van der Waals surface area (Å²) in [5.74, 6) is 0. The summed E-state index contributed by atoms with van der Waals surface area (Å²) in [5, 5.41) is 8.89. The van der Waals surface area contributed by atoms with E-state index in [1.165, 1.54) is 10.8 Å². The predicted molar refractivity (Wildman–Crippen MR) is 180 cm³/mol. The van der Waals surface area contributed by atoms with Crippen LogP contribution in [0, 0.1) is 0 Å². The molecule has 0 spiro atoms. The Balaban J connectivity index is 1.12. The van der Waals surface area contributed by atoms with E-state index in [1.54, 1.807) is 0 Å². The molecule has 10 rings (SSSR count). The Morgan fingerprint density at radius 1 is 0.409 bits per heavy atom. The number of furan rings is 2. The van der Waals surface area contributed by atoms with Gasteiger partial charge in [-0.3, -0.25) is 4.98 Å². The molecule has 0 aliphatic carbocycles. The molecule has 0 bridgehead atoms. The van der Waals surface area contributed by atoms with Gasteiger partial charge in [-0.15, -0.1) is 0 Å². The van der Waals surface area contributed by atoms with Crippen LogP contribution in [0.25, 0.3) is 98.8 Å². The molecule has 44 heavy (non-hydrogen) atoms. The number of hydrogen-bond donors (Lipinski definition) is 0. The van der Waals surface area contributed by atoms with E-state index >= 15 is 0 Å². The van der Waals surface area contributed by atoms with E-state index in [0.29, 0.717) is 0 Å². The van der Waals surface area contributed by atoms with Gasteiger partial charge in [-0.1, -0.05) is 109 Å². The molecule has 0 amide bonds. The summed E-state index contributed by atoms with van der Waals surface area (Å²) >= 11 is 0. The van der Waals surface area contributed by atoms with Crippen molar-refractivity contribution in [2.75, 3.05) is 0 Å². The van der Waals surface area contributed by atoms with Gasteiger partial charge < -0.3 is 8.83 Å². The van der Waals surface area contributed by atoms with Crippen molar-refractivity contribution in [2.24, 2.45) is 0 Å². The second-order valence-electron chi connectivity index (χ2n) is 11.3. The van der Waals surface area contributed by atoms with Crippen molar-refractivity contribution >= 4 is 76.5 Å². The van der Waals surface area contributed by atoms with Gasteiger partial charge in [0.15, 0.2) is 0 Å². The van der Waals surface area contributed by atoms with Crippen LogP contribution in [0.2, 0.25) is 0 Å². The largest absolute Gasteiger partial charge is 0.456 e. The second-order valence-corrected chi connectivity index (χ2v) is 11.3. The van der Waals surface area contributed by atoms with Crippen molar-refractivity contribution in [1.82, 2.24) is 9.97 Å². The van der Waals surface area contributed by atoms with Gasteiger partial charge in [0.25, 0.3) is 0 Å². The Morgan fingerprint density at radius 3 is 1.84 bits per heavy atom. The van der Waals surface area contributed by atoms with E-state index in [1.807, 2.05) is 30.5 Å². The van der Waals surface area contributed by atoms with Crippen molar-refractivity contribution < 1.29 is 8.83 Å². The van der Waals surface area contributed by atoms with Gasteiger partial charge >= 0.3 is 0 Å². The average molecular weight is 563 g/mol. The number of hydrogen-bond acceptors (Lipinski definition) is 4. The minimum atomic E-state index is 0.834. The first kappa shape index (κ1) is 23.6. The third-order valence-corrected chi connectivity index (χ3v) is 8.92. The van der Waals surface area contributed by atoms with E-state index in [-0.39, 0.29) is 0 Å². The van der Waals surface area contributed by atoms with Crippen LogP contribution in [0.15, 0.2) is 142 Å². The Morgan fingerprint density at radius 2 is 1.05 bits per heavy atom. The van der Waals surface area contributed by atoms with E-state index in [2.05, 4.69) is 103 Å². The zero-order valence-electron chi connectivity index (χ0n) is 23.4. The highest BCUT2D eigenvalue weighted by atomic mass is 16.3. The average Bonchev–Trinajstić information content (AvgIpc) is 3.67. The van der Waals surface area contributed by atoms with Crippen molar-refractivity contribution in [3.05, 3.63) is 134 Å². The Kier molecular flexibility index (Phi) is 4.69. The lowest BCUT2D eigenvalue weighted by atomic mass is 9.99. The first-order valence-electron chi connectivity index (χ1n) is 14.7. The fraction of sp³-hybridized carbons (Fsp3) is 0. The monoisotopic (exact) mass is 562 g/mol. The van der Waals surface area contributed by atoms with Crippen LogP contribution >= 0.6 is 0 Å². The highest BCUT2D eigenvalue weighted by molar-refractivity contribution is 6.24. The van der Waals surface area contributed by atoms with Crippen LogP contribution in [-0.4, -0.2) is 9.97 Å². The van der Waals surface area contributed by atoms with Gasteiger partial charge in [-0.2, -0.15) is 0 Å². The van der Waals surface area contributed by atoms with Gasteiger partial charge in [0, 0.05) is 38.1 Å². The Bertz CT molecular complexity index is 2730. The molecule has 0 radical (unpaired) electrons. The van der Waals surface area contributed by atoms with Crippen molar-refractivity contribution in [1.29, 1.82) is 0 Å². The normalized spacial score (nSPS) is 12.1. The molecule has 0 fully saturated rings. The van der Waals surface area contributed by atoms with Gasteiger partial charge in [-0.25, -0.2) is 4.98 Å². The molecule has 0 unspecified atom stereocenters. The van der Waals surface area contributed by atoms with Crippen molar-refractivity contribution in [3.8, 4) is 22.4 Å². The van der Waals surface area contributed by atoms with Gasteiger partial charge in [0.05, 0.1) is 28.3 Å². The Hall–Kier alpha value is -6.00. The summed E-state index contributed by atoms with van der Waals surface area (Å²) in [6, 6.07) is 44.0. The molecule has 3 heterocycles. The SMILES string of the molecule is c1ccc2c(c1)oc1ccc3c4cccc(-c5ccc(-c6cnc7c8ccccc8c8ccccc8c7n6)cc5)c4oc3c12. The van der Waals surface area contributed by atoms with E-state index in [9.17, 15) is 0 Å². The quantitative estimate of drug-likeness (QED) is 0.197. The molecule has 7 aromatic carbocycles. The summed E-state index contributed by atoms with van der Waals surface area (Å²) in [7, 11) is 0.